The van der Waals surface area contributed by atoms with E-state index in [9.17, 15) is 18.0 Å². The number of anilines is 1. The van der Waals surface area contributed by atoms with Gasteiger partial charge < -0.3 is 19.7 Å². The molecular weight excluding hydrogens is 613 g/mol. The van der Waals surface area contributed by atoms with Crippen LogP contribution in [0.4, 0.5) is 5.69 Å². The molecule has 0 saturated heterocycles. The van der Waals surface area contributed by atoms with Gasteiger partial charge >= 0.3 is 0 Å². The van der Waals surface area contributed by atoms with E-state index < -0.39 is 40.0 Å². The first-order chi connectivity index (χ1) is 20.1. The van der Waals surface area contributed by atoms with Gasteiger partial charge in [-0.1, -0.05) is 47.0 Å². The van der Waals surface area contributed by atoms with Gasteiger partial charge in [0.2, 0.25) is 11.8 Å². The van der Waals surface area contributed by atoms with Crippen molar-refractivity contribution in [1.29, 1.82) is 0 Å². The van der Waals surface area contributed by atoms with Gasteiger partial charge in [-0.3, -0.25) is 13.9 Å². The van der Waals surface area contributed by atoms with Crippen LogP contribution in [0.3, 0.4) is 0 Å². The van der Waals surface area contributed by atoms with Gasteiger partial charge in [0.05, 0.1) is 34.8 Å². The Balaban J connectivity index is 2.14. The second-order valence-electron chi connectivity index (χ2n) is 11.0. The van der Waals surface area contributed by atoms with Crippen molar-refractivity contribution in [3.63, 3.8) is 0 Å². The minimum Gasteiger partial charge on any atom is -0.497 e. The summed E-state index contributed by atoms with van der Waals surface area (Å²) in [7, 11) is -1.46. The van der Waals surface area contributed by atoms with Gasteiger partial charge in [-0.25, -0.2) is 8.42 Å². The van der Waals surface area contributed by atoms with E-state index in [2.05, 4.69) is 5.32 Å². The van der Waals surface area contributed by atoms with Crippen molar-refractivity contribution in [2.45, 2.75) is 57.6 Å². The Labute approximate surface area is 263 Å². The van der Waals surface area contributed by atoms with Crippen LogP contribution in [0.25, 0.3) is 0 Å². The number of nitrogens with one attached hydrogen (secondary N) is 1. The first kappa shape index (κ1) is 34.0. The van der Waals surface area contributed by atoms with E-state index in [-0.39, 0.29) is 27.9 Å². The average Bonchev–Trinajstić information content (AvgIpc) is 2.94. The fourth-order valence-electron chi connectivity index (χ4n) is 4.23. The molecule has 0 aliphatic carbocycles. The molecule has 1 N–H and O–H groups in total. The molecule has 43 heavy (non-hydrogen) atoms. The molecule has 0 radical (unpaired) electrons. The second-order valence-corrected chi connectivity index (χ2v) is 13.7. The second kappa shape index (κ2) is 13.9. The van der Waals surface area contributed by atoms with Crippen molar-refractivity contribution in [3.8, 4) is 11.5 Å². The van der Waals surface area contributed by atoms with Crippen molar-refractivity contribution in [2.75, 3.05) is 25.1 Å². The first-order valence-electron chi connectivity index (χ1n) is 13.4. The lowest BCUT2D eigenvalue weighted by Gasteiger charge is -2.34. The van der Waals surface area contributed by atoms with Crippen LogP contribution in [-0.4, -0.2) is 57.5 Å². The number of hydrogen-bond donors (Lipinski definition) is 1. The van der Waals surface area contributed by atoms with Crippen LogP contribution < -0.4 is 19.1 Å². The number of ether oxygens (including phenoxy) is 2. The van der Waals surface area contributed by atoms with E-state index in [1.54, 1.807) is 49.4 Å². The summed E-state index contributed by atoms with van der Waals surface area (Å²) in [5.74, 6) is -0.479. The van der Waals surface area contributed by atoms with Crippen molar-refractivity contribution in [3.05, 3.63) is 81.8 Å². The Morgan fingerprint density at radius 3 is 2.14 bits per heavy atom. The predicted octanol–water partition coefficient (Wildman–Crippen LogP) is 5.85. The lowest BCUT2D eigenvalue weighted by Crippen LogP contribution is -2.54. The number of carbonyl (C=O) groups is 2. The fraction of sp³-hybridized carbons (Fsp3) is 0.355. The molecule has 3 aromatic carbocycles. The number of nitrogens with zero attached hydrogens (tertiary/aromatic N) is 2. The number of carbonyl (C=O) groups excluding carboxylic acids is 2. The zero-order valence-corrected chi connectivity index (χ0v) is 27.6. The molecule has 1 unspecified atom stereocenters. The molecule has 0 saturated carbocycles. The maximum Gasteiger partial charge on any atom is 0.264 e. The van der Waals surface area contributed by atoms with Gasteiger partial charge in [0.25, 0.3) is 10.0 Å². The normalized spacial score (nSPS) is 12.3. The molecule has 0 bridgehead atoms. The third kappa shape index (κ3) is 8.55. The Kier molecular flexibility index (Phi) is 11.0. The molecule has 2 amide bonds. The summed E-state index contributed by atoms with van der Waals surface area (Å²) >= 11 is 12.3. The van der Waals surface area contributed by atoms with Gasteiger partial charge in [0.1, 0.15) is 24.1 Å². The molecule has 12 heteroatoms. The zero-order chi connectivity index (χ0) is 32.1. The highest BCUT2D eigenvalue weighted by molar-refractivity contribution is 7.92. The number of methoxy groups -OCH3 is 2. The maximum absolute atomic E-state index is 14.2. The SMILES string of the molecule is COc1ccc(OC)c(N(CC(=O)N(Cc2ccc(Cl)c(Cl)c2)C(C)C(=O)NC(C)(C)C)S(=O)(=O)c2ccc(C)cc2)c1. The molecule has 0 fully saturated rings. The third-order valence-electron chi connectivity index (χ3n) is 6.54. The number of halogens is 2. The van der Waals surface area contributed by atoms with Crippen molar-refractivity contribution in [2.24, 2.45) is 0 Å². The molecule has 3 rings (SSSR count). The summed E-state index contributed by atoms with van der Waals surface area (Å²) in [5.41, 5.74) is 0.993. The highest BCUT2D eigenvalue weighted by Gasteiger charge is 2.34. The summed E-state index contributed by atoms with van der Waals surface area (Å²) in [6.45, 7) is 8.22. The maximum atomic E-state index is 14.2. The van der Waals surface area contributed by atoms with Crippen molar-refractivity contribution in [1.82, 2.24) is 10.2 Å². The van der Waals surface area contributed by atoms with Crippen molar-refractivity contribution < 1.29 is 27.5 Å². The quantitative estimate of drug-likeness (QED) is 0.280. The molecule has 9 nitrogen and oxygen atoms in total. The highest BCUT2D eigenvalue weighted by Crippen LogP contribution is 2.36. The average molecular weight is 651 g/mol. The number of sulfonamides is 1. The van der Waals surface area contributed by atoms with E-state index >= 15 is 0 Å². The number of amides is 2. The fourth-order valence-corrected chi connectivity index (χ4v) is 5.97. The van der Waals surface area contributed by atoms with E-state index in [1.165, 1.54) is 37.3 Å². The highest BCUT2D eigenvalue weighted by atomic mass is 35.5. The molecular formula is C31H37Cl2N3O6S. The van der Waals surface area contributed by atoms with Crippen LogP contribution in [0.2, 0.25) is 10.0 Å². The Morgan fingerprint density at radius 1 is 0.930 bits per heavy atom. The van der Waals surface area contributed by atoms with E-state index in [0.29, 0.717) is 16.3 Å². The lowest BCUT2D eigenvalue weighted by atomic mass is 10.1. The molecule has 0 aliphatic rings. The molecule has 0 aromatic heterocycles. The smallest absolute Gasteiger partial charge is 0.264 e. The number of hydrogen-bond acceptors (Lipinski definition) is 6. The van der Waals surface area contributed by atoms with Gasteiger partial charge in [-0.05, 0) is 76.6 Å². The largest absolute Gasteiger partial charge is 0.497 e. The number of benzene rings is 3. The summed E-state index contributed by atoms with van der Waals surface area (Å²) in [4.78, 5) is 28.8. The van der Waals surface area contributed by atoms with Gasteiger partial charge in [0.15, 0.2) is 0 Å². The molecule has 3 aromatic rings. The molecule has 1 atom stereocenters. The van der Waals surface area contributed by atoms with Gasteiger partial charge in [-0.15, -0.1) is 0 Å². The Hall–Kier alpha value is -3.47. The lowest BCUT2D eigenvalue weighted by molar-refractivity contribution is -0.140. The van der Waals surface area contributed by atoms with Crippen LogP contribution in [0.15, 0.2) is 65.6 Å². The standard InChI is InChI=1S/C31H37Cl2N3O6S/c1-20-8-12-24(13-9-20)43(39,40)36(27-17-23(41-6)11-15-28(27)42-7)19-29(37)35(21(2)30(38)34-31(3,4)5)18-22-10-14-25(32)26(33)16-22/h8-17,21H,18-19H2,1-7H3,(H,34,38). The summed E-state index contributed by atoms with van der Waals surface area (Å²) < 4.78 is 40.1. The van der Waals surface area contributed by atoms with E-state index in [1.807, 2.05) is 27.7 Å². The molecule has 0 heterocycles. The first-order valence-corrected chi connectivity index (χ1v) is 15.6. The number of rotatable bonds is 11. The summed E-state index contributed by atoms with van der Waals surface area (Å²) in [5, 5.41) is 3.51. The Bertz CT molecular complexity index is 1570. The predicted molar refractivity (Wildman–Crippen MR) is 170 cm³/mol. The van der Waals surface area contributed by atoms with Crippen LogP contribution in [0, 0.1) is 6.92 Å². The number of aryl methyl sites for hydroxylation is 1. The Morgan fingerprint density at radius 2 is 1.58 bits per heavy atom. The van der Waals surface area contributed by atoms with E-state index in [4.69, 9.17) is 32.7 Å². The van der Waals surface area contributed by atoms with Crippen molar-refractivity contribution >= 4 is 50.7 Å². The van der Waals surface area contributed by atoms with Crippen LogP contribution in [0.5, 0.6) is 11.5 Å². The van der Waals surface area contributed by atoms with Crippen LogP contribution in [-0.2, 0) is 26.2 Å². The minimum absolute atomic E-state index is 0.0228. The minimum atomic E-state index is -4.31. The summed E-state index contributed by atoms with van der Waals surface area (Å²) in [6.07, 6.45) is 0. The zero-order valence-electron chi connectivity index (χ0n) is 25.3. The van der Waals surface area contributed by atoms with Gasteiger partial charge in [-0.2, -0.15) is 0 Å². The van der Waals surface area contributed by atoms with Gasteiger partial charge in [0, 0.05) is 18.2 Å². The molecule has 232 valence electrons. The monoisotopic (exact) mass is 649 g/mol. The molecule has 0 spiro atoms. The van der Waals surface area contributed by atoms with Crippen LogP contribution >= 0.6 is 23.2 Å². The third-order valence-corrected chi connectivity index (χ3v) is 9.06. The van der Waals surface area contributed by atoms with Crippen LogP contribution in [0.1, 0.15) is 38.8 Å². The van der Waals surface area contributed by atoms with E-state index in [0.717, 1.165) is 9.87 Å². The molecule has 0 aliphatic heterocycles. The topological polar surface area (TPSA) is 105 Å². The summed E-state index contributed by atoms with van der Waals surface area (Å²) in [6, 6.07) is 14.9.